The molecule has 0 saturated heterocycles. The number of nitrogens with zero attached hydrogens (tertiary/aromatic N) is 1. The lowest BCUT2D eigenvalue weighted by Crippen LogP contribution is -2.39. The lowest BCUT2D eigenvalue weighted by molar-refractivity contribution is 0.0258. The maximum absolute atomic E-state index is 5.73. The van der Waals surface area contributed by atoms with Crippen LogP contribution in [0.25, 0.3) is 0 Å². The topological polar surface area (TPSA) is 45.7 Å². The van der Waals surface area contributed by atoms with Crippen molar-refractivity contribution in [3.05, 3.63) is 0 Å². The predicted octanol–water partition coefficient (Wildman–Crippen LogP) is 2.79. The van der Waals surface area contributed by atoms with Crippen molar-refractivity contribution < 1.29 is 4.74 Å². The molecule has 114 valence electrons. The van der Waals surface area contributed by atoms with Crippen LogP contribution < -0.4 is 10.6 Å². The Morgan fingerprint density at radius 1 is 1.11 bits per heavy atom. The average Bonchev–Trinajstić information content (AvgIpc) is 2.40. The van der Waals surface area contributed by atoms with Crippen molar-refractivity contribution in [2.75, 3.05) is 26.7 Å². The normalized spacial score (nSPS) is 13.7. The highest BCUT2D eigenvalue weighted by Crippen LogP contribution is 2.09. The fourth-order valence-electron chi connectivity index (χ4n) is 1.96. The Labute approximate surface area is 119 Å². The third-order valence-electron chi connectivity index (χ3n) is 3.14. The summed E-state index contributed by atoms with van der Waals surface area (Å²) in [7, 11) is 1.82. The van der Waals surface area contributed by atoms with Crippen LogP contribution in [0.3, 0.4) is 0 Å². The van der Waals surface area contributed by atoms with E-state index >= 15 is 0 Å². The monoisotopic (exact) mass is 271 g/mol. The summed E-state index contributed by atoms with van der Waals surface area (Å²) in [5, 5.41) is 6.69. The summed E-state index contributed by atoms with van der Waals surface area (Å²) < 4.78 is 5.73. The van der Waals surface area contributed by atoms with Crippen LogP contribution >= 0.6 is 0 Å². The van der Waals surface area contributed by atoms with E-state index in [-0.39, 0.29) is 0 Å². The third kappa shape index (κ3) is 9.77. The molecule has 0 aliphatic rings. The molecule has 1 atom stereocenters. The van der Waals surface area contributed by atoms with Crippen molar-refractivity contribution in [1.82, 2.24) is 10.6 Å². The Morgan fingerprint density at radius 2 is 1.79 bits per heavy atom. The largest absolute Gasteiger partial charge is 0.378 e. The fourth-order valence-corrected chi connectivity index (χ4v) is 1.96. The minimum atomic E-state index is 0.329. The molecule has 4 nitrogen and oxygen atoms in total. The molecule has 4 heteroatoms. The molecule has 0 heterocycles. The number of rotatable bonds is 10. The zero-order valence-corrected chi connectivity index (χ0v) is 13.5. The van der Waals surface area contributed by atoms with Gasteiger partial charge in [0.05, 0.1) is 6.10 Å². The van der Waals surface area contributed by atoms with Gasteiger partial charge in [0.15, 0.2) is 5.96 Å². The second-order valence-corrected chi connectivity index (χ2v) is 5.16. The van der Waals surface area contributed by atoms with Gasteiger partial charge in [0.1, 0.15) is 0 Å². The highest BCUT2D eigenvalue weighted by molar-refractivity contribution is 5.79. The first-order valence-corrected chi connectivity index (χ1v) is 7.71. The van der Waals surface area contributed by atoms with Crippen LogP contribution in [0.1, 0.15) is 53.4 Å². The van der Waals surface area contributed by atoms with Gasteiger partial charge in [-0.1, -0.05) is 33.6 Å². The molecular weight excluding hydrogens is 238 g/mol. The molecule has 0 aromatic rings. The first-order chi connectivity index (χ1) is 9.15. The molecule has 0 aromatic carbocycles. The number of ether oxygens (including phenoxy) is 1. The van der Waals surface area contributed by atoms with Crippen LogP contribution in [0.2, 0.25) is 0 Å². The maximum Gasteiger partial charge on any atom is 0.190 e. The SMILES string of the molecule is CCCCCNC(=NC)NCCC(OCC)C(C)C. The van der Waals surface area contributed by atoms with E-state index in [9.17, 15) is 0 Å². The van der Waals surface area contributed by atoms with E-state index in [0.717, 1.165) is 32.1 Å². The van der Waals surface area contributed by atoms with Crippen LogP contribution in [0, 0.1) is 5.92 Å². The van der Waals surface area contributed by atoms with Crippen LogP contribution in [0.5, 0.6) is 0 Å². The van der Waals surface area contributed by atoms with Crippen molar-refractivity contribution in [3.8, 4) is 0 Å². The Morgan fingerprint density at radius 3 is 2.32 bits per heavy atom. The van der Waals surface area contributed by atoms with Crippen molar-refractivity contribution in [3.63, 3.8) is 0 Å². The van der Waals surface area contributed by atoms with Crippen molar-refractivity contribution >= 4 is 5.96 Å². The van der Waals surface area contributed by atoms with E-state index in [2.05, 4.69) is 43.3 Å². The highest BCUT2D eigenvalue weighted by atomic mass is 16.5. The summed E-state index contributed by atoms with van der Waals surface area (Å²) >= 11 is 0. The number of guanidine groups is 1. The van der Waals surface area contributed by atoms with Crippen LogP contribution in [0.4, 0.5) is 0 Å². The molecular formula is C15H33N3O. The number of unbranched alkanes of at least 4 members (excludes halogenated alkanes) is 2. The second kappa shape index (κ2) is 12.3. The molecule has 0 amide bonds. The minimum Gasteiger partial charge on any atom is -0.378 e. The van der Waals surface area contributed by atoms with Gasteiger partial charge < -0.3 is 15.4 Å². The number of aliphatic imine (C=N–C) groups is 1. The summed E-state index contributed by atoms with van der Waals surface area (Å²) in [4.78, 5) is 4.23. The van der Waals surface area contributed by atoms with Gasteiger partial charge in [0.2, 0.25) is 0 Å². The lowest BCUT2D eigenvalue weighted by Gasteiger charge is -2.21. The summed E-state index contributed by atoms with van der Waals surface area (Å²) in [6, 6.07) is 0. The summed E-state index contributed by atoms with van der Waals surface area (Å²) in [5.41, 5.74) is 0. The first kappa shape index (κ1) is 18.2. The molecule has 2 N–H and O–H groups in total. The van der Waals surface area contributed by atoms with Crippen LogP contribution in [-0.2, 0) is 4.74 Å². The second-order valence-electron chi connectivity index (χ2n) is 5.16. The Bertz CT molecular complexity index is 229. The van der Waals surface area contributed by atoms with Gasteiger partial charge in [0, 0.05) is 26.7 Å². The molecule has 0 aliphatic heterocycles. The first-order valence-electron chi connectivity index (χ1n) is 7.71. The molecule has 0 saturated carbocycles. The van der Waals surface area contributed by atoms with Crippen LogP contribution in [0.15, 0.2) is 4.99 Å². The lowest BCUT2D eigenvalue weighted by atomic mass is 10.0. The van der Waals surface area contributed by atoms with Crippen molar-refractivity contribution in [2.45, 2.75) is 59.5 Å². The van der Waals surface area contributed by atoms with Gasteiger partial charge in [-0.15, -0.1) is 0 Å². The van der Waals surface area contributed by atoms with Gasteiger partial charge in [-0.2, -0.15) is 0 Å². The van der Waals surface area contributed by atoms with Gasteiger partial charge in [-0.25, -0.2) is 0 Å². The molecule has 19 heavy (non-hydrogen) atoms. The van der Waals surface area contributed by atoms with Crippen molar-refractivity contribution in [1.29, 1.82) is 0 Å². The third-order valence-corrected chi connectivity index (χ3v) is 3.14. The Hall–Kier alpha value is -0.770. The smallest absolute Gasteiger partial charge is 0.190 e. The van der Waals surface area contributed by atoms with E-state index in [1.165, 1.54) is 19.3 Å². The number of hydrogen-bond donors (Lipinski definition) is 2. The molecule has 0 rings (SSSR count). The van der Waals surface area contributed by atoms with Gasteiger partial charge >= 0.3 is 0 Å². The van der Waals surface area contributed by atoms with E-state index in [0.29, 0.717) is 12.0 Å². The van der Waals surface area contributed by atoms with Gasteiger partial charge in [-0.3, -0.25) is 4.99 Å². The van der Waals surface area contributed by atoms with Gasteiger partial charge in [0.25, 0.3) is 0 Å². The summed E-state index contributed by atoms with van der Waals surface area (Å²) in [6.07, 6.45) is 5.06. The predicted molar refractivity (Wildman–Crippen MR) is 83.8 cm³/mol. The molecule has 0 bridgehead atoms. The summed E-state index contributed by atoms with van der Waals surface area (Å²) in [6.45, 7) is 11.4. The molecule has 0 fully saturated rings. The summed E-state index contributed by atoms with van der Waals surface area (Å²) in [5.74, 6) is 1.45. The molecule has 0 aliphatic carbocycles. The molecule has 0 radical (unpaired) electrons. The Balaban J connectivity index is 3.81. The zero-order chi connectivity index (χ0) is 14.5. The van der Waals surface area contributed by atoms with E-state index < -0.39 is 0 Å². The quantitative estimate of drug-likeness (QED) is 0.365. The Kier molecular flexibility index (Phi) is 11.8. The van der Waals surface area contributed by atoms with Crippen molar-refractivity contribution in [2.24, 2.45) is 10.9 Å². The highest BCUT2D eigenvalue weighted by Gasteiger charge is 2.12. The van der Waals surface area contributed by atoms with E-state index in [1.807, 2.05) is 7.05 Å². The van der Waals surface area contributed by atoms with E-state index in [4.69, 9.17) is 4.74 Å². The molecule has 0 spiro atoms. The fraction of sp³-hybridized carbons (Fsp3) is 0.933. The standard InChI is InChI=1S/C15H33N3O/c1-6-8-9-11-17-15(16-5)18-12-10-14(13(3)4)19-7-2/h13-14H,6-12H2,1-5H3,(H2,16,17,18). The number of hydrogen-bond acceptors (Lipinski definition) is 2. The molecule has 1 unspecified atom stereocenters. The average molecular weight is 271 g/mol. The van der Waals surface area contributed by atoms with Gasteiger partial charge in [-0.05, 0) is 25.7 Å². The minimum absolute atomic E-state index is 0.329. The number of nitrogens with one attached hydrogen (secondary N) is 2. The maximum atomic E-state index is 5.73. The van der Waals surface area contributed by atoms with Crippen LogP contribution in [-0.4, -0.2) is 38.8 Å². The zero-order valence-electron chi connectivity index (χ0n) is 13.5. The van der Waals surface area contributed by atoms with E-state index in [1.54, 1.807) is 0 Å². The molecule has 0 aromatic heterocycles.